The van der Waals surface area contributed by atoms with Crippen LogP contribution in [0.4, 0.5) is 5.82 Å². The number of carbonyl (C=O) groups is 1. The Morgan fingerprint density at radius 1 is 1.28 bits per heavy atom. The second kappa shape index (κ2) is 9.08. The number of hydrogen-bond acceptors (Lipinski definition) is 6. The van der Waals surface area contributed by atoms with Crippen molar-refractivity contribution in [1.82, 2.24) is 20.2 Å². The van der Waals surface area contributed by atoms with Crippen molar-refractivity contribution in [3.8, 4) is 17.0 Å². The molecule has 0 bridgehead atoms. The molecule has 0 saturated carbocycles. The number of aromatic nitrogens is 4. The SMILES string of the molecule is CCCP(=O)(O)Oc1ccc(-c2nc3[nH]nc(NC(=O)c4cccnc4)c3cc2Cl)cc1. The molecule has 1 amide bonds. The zero-order valence-electron chi connectivity index (χ0n) is 16.9. The quantitative estimate of drug-likeness (QED) is 0.327. The number of amides is 1. The van der Waals surface area contributed by atoms with Crippen LogP contribution in [-0.4, -0.2) is 37.1 Å². The van der Waals surface area contributed by atoms with E-state index >= 15 is 0 Å². The molecule has 1 unspecified atom stereocenters. The van der Waals surface area contributed by atoms with Gasteiger partial charge in [-0.15, -0.1) is 0 Å². The highest BCUT2D eigenvalue weighted by molar-refractivity contribution is 7.53. The van der Waals surface area contributed by atoms with Gasteiger partial charge in [-0.3, -0.25) is 14.9 Å². The minimum Gasteiger partial charge on any atom is -0.424 e. The van der Waals surface area contributed by atoms with E-state index in [9.17, 15) is 14.3 Å². The average Bonchev–Trinajstić information content (AvgIpc) is 3.15. The molecule has 0 saturated heterocycles. The van der Waals surface area contributed by atoms with Crippen LogP contribution in [0.3, 0.4) is 0 Å². The third-order valence-electron chi connectivity index (χ3n) is 4.54. The van der Waals surface area contributed by atoms with Gasteiger partial charge in [-0.2, -0.15) is 5.10 Å². The molecule has 3 N–H and O–H groups in total. The Kier molecular flexibility index (Phi) is 6.23. The summed E-state index contributed by atoms with van der Waals surface area (Å²) in [5.74, 6) is 0.229. The van der Waals surface area contributed by atoms with Gasteiger partial charge in [0, 0.05) is 18.0 Å². The summed E-state index contributed by atoms with van der Waals surface area (Å²) in [7, 11) is -3.67. The summed E-state index contributed by atoms with van der Waals surface area (Å²) >= 11 is 6.47. The number of rotatable bonds is 7. The Bertz CT molecular complexity index is 1310. The molecule has 11 heteroatoms. The van der Waals surface area contributed by atoms with Crippen LogP contribution >= 0.6 is 19.2 Å². The Hall–Kier alpha value is -3.26. The molecule has 1 aromatic carbocycles. The number of halogens is 1. The topological polar surface area (TPSA) is 130 Å². The maximum atomic E-state index is 12.4. The number of benzene rings is 1. The summed E-state index contributed by atoms with van der Waals surface area (Å²) in [6.07, 6.45) is 3.66. The van der Waals surface area contributed by atoms with E-state index in [-0.39, 0.29) is 17.8 Å². The van der Waals surface area contributed by atoms with Gasteiger partial charge in [0.2, 0.25) is 0 Å². The van der Waals surface area contributed by atoms with E-state index in [2.05, 4.69) is 25.5 Å². The van der Waals surface area contributed by atoms with E-state index in [0.29, 0.717) is 45.1 Å². The minimum absolute atomic E-state index is 0.0816. The van der Waals surface area contributed by atoms with Gasteiger partial charge in [0.05, 0.1) is 27.8 Å². The highest BCUT2D eigenvalue weighted by atomic mass is 35.5. The summed E-state index contributed by atoms with van der Waals surface area (Å²) in [4.78, 5) is 30.7. The zero-order valence-corrected chi connectivity index (χ0v) is 18.6. The van der Waals surface area contributed by atoms with Crippen molar-refractivity contribution in [2.45, 2.75) is 13.3 Å². The molecule has 0 aliphatic carbocycles. The molecule has 164 valence electrons. The molecular formula is C21H19ClN5O4P. The molecule has 1 atom stereocenters. The van der Waals surface area contributed by atoms with E-state index in [1.54, 1.807) is 48.7 Å². The number of carbonyl (C=O) groups excluding carboxylic acids is 1. The fourth-order valence-electron chi connectivity index (χ4n) is 3.06. The van der Waals surface area contributed by atoms with Crippen LogP contribution in [0.25, 0.3) is 22.3 Å². The van der Waals surface area contributed by atoms with Gasteiger partial charge in [-0.25, -0.2) is 9.55 Å². The van der Waals surface area contributed by atoms with Crippen molar-refractivity contribution in [1.29, 1.82) is 0 Å². The lowest BCUT2D eigenvalue weighted by atomic mass is 10.1. The molecule has 9 nitrogen and oxygen atoms in total. The fraction of sp³-hybridized carbons (Fsp3) is 0.143. The van der Waals surface area contributed by atoms with Crippen molar-refractivity contribution >= 4 is 42.0 Å². The number of hydrogen-bond donors (Lipinski definition) is 3. The summed E-state index contributed by atoms with van der Waals surface area (Å²) in [5, 5.41) is 10.5. The lowest BCUT2D eigenvalue weighted by Gasteiger charge is -2.13. The maximum absolute atomic E-state index is 12.4. The predicted octanol–water partition coefficient (Wildman–Crippen LogP) is 4.90. The molecule has 32 heavy (non-hydrogen) atoms. The van der Waals surface area contributed by atoms with Crippen molar-refractivity contribution in [3.05, 3.63) is 65.4 Å². The van der Waals surface area contributed by atoms with E-state index in [1.807, 2.05) is 6.92 Å². The zero-order chi connectivity index (χ0) is 22.7. The molecular weight excluding hydrogens is 453 g/mol. The van der Waals surface area contributed by atoms with Gasteiger partial charge in [0.15, 0.2) is 11.5 Å². The van der Waals surface area contributed by atoms with Crippen LogP contribution in [0.2, 0.25) is 5.02 Å². The Morgan fingerprint density at radius 2 is 2.06 bits per heavy atom. The number of fused-ring (bicyclic) bond motifs is 1. The largest absolute Gasteiger partial charge is 0.424 e. The first-order chi connectivity index (χ1) is 15.4. The Morgan fingerprint density at radius 3 is 2.75 bits per heavy atom. The molecule has 4 rings (SSSR count). The first-order valence-electron chi connectivity index (χ1n) is 9.74. The van der Waals surface area contributed by atoms with Gasteiger partial charge < -0.3 is 14.7 Å². The van der Waals surface area contributed by atoms with Gasteiger partial charge in [0.1, 0.15) is 5.75 Å². The molecule has 0 radical (unpaired) electrons. The van der Waals surface area contributed by atoms with Crippen LogP contribution in [0, 0.1) is 0 Å². The molecule has 4 aromatic rings. The van der Waals surface area contributed by atoms with Crippen LogP contribution < -0.4 is 9.84 Å². The second-order valence-electron chi connectivity index (χ2n) is 6.96. The predicted molar refractivity (Wildman–Crippen MR) is 122 cm³/mol. The van der Waals surface area contributed by atoms with Gasteiger partial charge in [-0.05, 0) is 48.9 Å². The van der Waals surface area contributed by atoms with Crippen molar-refractivity contribution in [3.63, 3.8) is 0 Å². The van der Waals surface area contributed by atoms with Gasteiger partial charge >= 0.3 is 7.60 Å². The van der Waals surface area contributed by atoms with Crippen molar-refractivity contribution < 1.29 is 18.8 Å². The summed E-state index contributed by atoms with van der Waals surface area (Å²) in [5.41, 5.74) is 2.00. The van der Waals surface area contributed by atoms with Gasteiger partial charge in [0.25, 0.3) is 5.91 Å². The number of H-pyrrole nitrogens is 1. The number of nitrogens with one attached hydrogen (secondary N) is 2. The Balaban J connectivity index is 1.58. The molecule has 3 heterocycles. The number of nitrogens with zero attached hydrogens (tertiary/aromatic N) is 3. The average molecular weight is 472 g/mol. The van der Waals surface area contributed by atoms with Crippen molar-refractivity contribution in [2.75, 3.05) is 11.5 Å². The van der Waals surface area contributed by atoms with Crippen LogP contribution in [0.15, 0.2) is 54.9 Å². The minimum atomic E-state index is -3.67. The Labute approximate surface area is 188 Å². The molecule has 3 aromatic heterocycles. The number of pyridine rings is 2. The van der Waals surface area contributed by atoms with Crippen LogP contribution in [-0.2, 0) is 4.57 Å². The van der Waals surface area contributed by atoms with E-state index in [0.717, 1.165) is 0 Å². The highest BCUT2D eigenvalue weighted by Gasteiger charge is 2.20. The first kappa shape index (κ1) is 22.0. The number of aromatic amines is 1. The molecule has 0 spiro atoms. The van der Waals surface area contributed by atoms with E-state index in [1.165, 1.54) is 6.20 Å². The third kappa shape index (κ3) is 4.80. The highest BCUT2D eigenvalue weighted by Crippen LogP contribution is 2.43. The lowest BCUT2D eigenvalue weighted by Crippen LogP contribution is -2.12. The maximum Gasteiger partial charge on any atom is 0.376 e. The number of anilines is 1. The normalized spacial score (nSPS) is 13.0. The third-order valence-corrected chi connectivity index (χ3v) is 6.34. The second-order valence-corrected chi connectivity index (χ2v) is 9.27. The van der Waals surface area contributed by atoms with Gasteiger partial charge in [-0.1, -0.05) is 18.5 Å². The van der Waals surface area contributed by atoms with E-state index < -0.39 is 7.60 Å². The standard InChI is InChI=1S/C21H19ClN5O4P/c1-2-10-32(29,30)31-15-7-5-13(6-8-15)18-17(22)11-16-19(24-18)26-27-20(16)25-21(28)14-4-3-9-23-12-14/h3-9,11-12H,2,10H2,1H3,(H,29,30)(H2,24,25,26,27,28). The van der Waals surface area contributed by atoms with E-state index in [4.69, 9.17) is 16.1 Å². The molecule has 0 aliphatic heterocycles. The smallest absolute Gasteiger partial charge is 0.376 e. The lowest BCUT2D eigenvalue weighted by molar-refractivity contribution is 0.102. The summed E-state index contributed by atoms with van der Waals surface area (Å²) in [6.45, 7) is 1.81. The monoisotopic (exact) mass is 471 g/mol. The van der Waals surface area contributed by atoms with Crippen LogP contribution in [0.1, 0.15) is 23.7 Å². The summed E-state index contributed by atoms with van der Waals surface area (Å²) in [6, 6.07) is 11.5. The fourth-order valence-corrected chi connectivity index (χ4v) is 4.43. The first-order valence-corrected chi connectivity index (χ1v) is 11.9. The summed E-state index contributed by atoms with van der Waals surface area (Å²) < 4.78 is 17.2. The van der Waals surface area contributed by atoms with Crippen LogP contribution in [0.5, 0.6) is 5.75 Å². The van der Waals surface area contributed by atoms with Crippen molar-refractivity contribution in [2.24, 2.45) is 0 Å². The molecule has 0 aliphatic rings. The molecule has 0 fully saturated rings.